The molecular weight excluding hydrogens is 276 g/mol. The quantitative estimate of drug-likeness (QED) is 0.721. The van der Waals surface area contributed by atoms with Gasteiger partial charge in [0, 0.05) is 6.20 Å². The summed E-state index contributed by atoms with van der Waals surface area (Å²) in [6.45, 7) is 2.69. The van der Waals surface area contributed by atoms with Crippen molar-refractivity contribution in [2.24, 2.45) is 0 Å². The lowest BCUT2D eigenvalue weighted by molar-refractivity contribution is 0.965. The zero-order chi connectivity index (χ0) is 13.9. The van der Waals surface area contributed by atoms with E-state index in [-0.39, 0.29) is 5.28 Å². The van der Waals surface area contributed by atoms with Crippen molar-refractivity contribution in [1.29, 1.82) is 0 Å². The van der Waals surface area contributed by atoms with E-state index < -0.39 is 0 Å². The van der Waals surface area contributed by atoms with Gasteiger partial charge in [-0.15, -0.1) is 0 Å². The molecule has 0 aliphatic heterocycles. The summed E-state index contributed by atoms with van der Waals surface area (Å²) >= 11 is 5.90. The van der Waals surface area contributed by atoms with Crippen LogP contribution in [0.1, 0.15) is 18.2 Å². The van der Waals surface area contributed by atoms with Crippen molar-refractivity contribution in [3.05, 3.63) is 41.1 Å². The third kappa shape index (κ3) is 2.42. The molecule has 0 aliphatic rings. The minimum Gasteiger partial charge on any atom is -0.364 e. The summed E-state index contributed by atoms with van der Waals surface area (Å²) < 4.78 is 0. The highest BCUT2D eigenvalue weighted by Gasteiger charge is 2.09. The van der Waals surface area contributed by atoms with E-state index in [4.69, 9.17) is 11.6 Å². The van der Waals surface area contributed by atoms with Gasteiger partial charge < -0.3 is 5.32 Å². The second kappa shape index (κ2) is 5.42. The summed E-state index contributed by atoms with van der Waals surface area (Å²) in [6.07, 6.45) is 4.40. The van der Waals surface area contributed by atoms with Crippen molar-refractivity contribution < 1.29 is 0 Å². The van der Waals surface area contributed by atoms with E-state index in [2.05, 4.69) is 43.5 Å². The molecule has 0 spiro atoms. The molecule has 3 rings (SSSR count). The number of hydrogen-bond donors (Lipinski definition) is 2. The molecule has 102 valence electrons. The van der Waals surface area contributed by atoms with E-state index in [9.17, 15) is 0 Å². The Kier molecular flexibility index (Phi) is 3.47. The van der Waals surface area contributed by atoms with Crippen LogP contribution in [0.2, 0.25) is 5.28 Å². The monoisotopic (exact) mass is 288 g/mol. The summed E-state index contributed by atoms with van der Waals surface area (Å²) in [5, 5.41) is 11.0. The summed E-state index contributed by atoms with van der Waals surface area (Å²) in [6, 6.07) is 4.02. The second-order valence-corrected chi connectivity index (χ2v) is 4.63. The number of anilines is 1. The van der Waals surface area contributed by atoms with Crippen LogP contribution < -0.4 is 5.32 Å². The Hall–Kier alpha value is -2.21. The van der Waals surface area contributed by atoms with Gasteiger partial charge in [0.25, 0.3) is 0 Å². The SMILES string of the molecule is CCc1cccnc1CNc1nc(Cl)nc2[nH]ncc12. The highest BCUT2D eigenvalue weighted by molar-refractivity contribution is 6.28. The van der Waals surface area contributed by atoms with Crippen LogP contribution in [-0.4, -0.2) is 25.1 Å². The predicted molar refractivity (Wildman–Crippen MR) is 77.6 cm³/mol. The summed E-state index contributed by atoms with van der Waals surface area (Å²) in [5.74, 6) is 0.654. The van der Waals surface area contributed by atoms with Crippen molar-refractivity contribution in [2.45, 2.75) is 19.9 Å². The minimum atomic E-state index is 0.181. The molecule has 0 fully saturated rings. The molecule has 0 saturated carbocycles. The van der Waals surface area contributed by atoms with Crippen molar-refractivity contribution in [1.82, 2.24) is 25.1 Å². The number of hydrogen-bond acceptors (Lipinski definition) is 5. The Bertz CT molecular complexity index is 739. The maximum absolute atomic E-state index is 5.90. The molecule has 7 heteroatoms. The van der Waals surface area contributed by atoms with Crippen molar-refractivity contribution in [3.63, 3.8) is 0 Å². The fourth-order valence-corrected chi connectivity index (χ4v) is 2.23. The predicted octanol–water partition coefficient (Wildman–Crippen LogP) is 2.58. The van der Waals surface area contributed by atoms with Gasteiger partial charge in [-0.1, -0.05) is 13.0 Å². The summed E-state index contributed by atoms with van der Waals surface area (Å²) in [4.78, 5) is 12.7. The highest BCUT2D eigenvalue weighted by atomic mass is 35.5. The van der Waals surface area contributed by atoms with E-state index in [1.165, 1.54) is 5.56 Å². The van der Waals surface area contributed by atoms with Crippen LogP contribution in [0.15, 0.2) is 24.5 Å². The molecule has 0 radical (unpaired) electrons. The number of fused-ring (bicyclic) bond motifs is 1. The molecule has 0 unspecified atom stereocenters. The number of nitrogens with one attached hydrogen (secondary N) is 2. The number of aromatic nitrogens is 5. The fourth-order valence-electron chi connectivity index (χ4n) is 2.06. The minimum absolute atomic E-state index is 0.181. The van der Waals surface area contributed by atoms with Crippen LogP contribution in [0, 0.1) is 0 Å². The largest absolute Gasteiger partial charge is 0.364 e. The van der Waals surface area contributed by atoms with Gasteiger partial charge in [-0.3, -0.25) is 10.1 Å². The molecule has 0 aliphatic carbocycles. The molecule has 0 saturated heterocycles. The maximum atomic E-state index is 5.90. The lowest BCUT2D eigenvalue weighted by atomic mass is 10.1. The van der Waals surface area contributed by atoms with E-state index in [1.54, 1.807) is 12.4 Å². The molecule has 0 aromatic carbocycles. The molecule has 0 atom stereocenters. The molecule has 0 amide bonds. The average Bonchev–Trinajstić information content (AvgIpc) is 2.93. The molecule has 3 aromatic rings. The third-order valence-electron chi connectivity index (χ3n) is 3.07. The molecule has 0 bridgehead atoms. The Morgan fingerprint density at radius 3 is 3.10 bits per heavy atom. The van der Waals surface area contributed by atoms with Crippen molar-refractivity contribution in [3.8, 4) is 0 Å². The van der Waals surface area contributed by atoms with Crippen LogP contribution in [0.25, 0.3) is 11.0 Å². The van der Waals surface area contributed by atoms with Gasteiger partial charge in [0.05, 0.1) is 23.8 Å². The number of pyridine rings is 1. The molecule has 3 heterocycles. The molecule has 3 aromatic heterocycles. The van der Waals surface area contributed by atoms with Crippen LogP contribution in [-0.2, 0) is 13.0 Å². The number of aromatic amines is 1. The highest BCUT2D eigenvalue weighted by Crippen LogP contribution is 2.20. The van der Waals surface area contributed by atoms with Crippen LogP contribution in [0.3, 0.4) is 0 Å². The Morgan fingerprint density at radius 2 is 2.25 bits per heavy atom. The lowest BCUT2D eigenvalue weighted by Crippen LogP contribution is -2.06. The topological polar surface area (TPSA) is 79.4 Å². The lowest BCUT2D eigenvalue weighted by Gasteiger charge is -2.09. The Balaban J connectivity index is 1.88. The van der Waals surface area contributed by atoms with Gasteiger partial charge in [0.1, 0.15) is 5.82 Å². The summed E-state index contributed by atoms with van der Waals surface area (Å²) in [5.41, 5.74) is 2.83. The maximum Gasteiger partial charge on any atom is 0.226 e. The number of aryl methyl sites for hydroxylation is 1. The average molecular weight is 289 g/mol. The van der Waals surface area contributed by atoms with E-state index in [0.717, 1.165) is 17.5 Å². The van der Waals surface area contributed by atoms with Gasteiger partial charge in [-0.05, 0) is 29.7 Å². The standard InChI is InChI=1S/C13H13ClN6/c1-2-8-4-3-5-15-10(8)7-16-11-9-6-17-20-12(9)19-13(14)18-11/h3-6H,2,7H2,1H3,(H2,16,17,18,19,20). The zero-order valence-electron chi connectivity index (χ0n) is 10.9. The van der Waals surface area contributed by atoms with Crippen LogP contribution >= 0.6 is 11.6 Å². The first-order valence-electron chi connectivity index (χ1n) is 6.31. The van der Waals surface area contributed by atoms with E-state index in [0.29, 0.717) is 18.0 Å². The van der Waals surface area contributed by atoms with Gasteiger partial charge in [-0.25, -0.2) is 0 Å². The first kappa shape index (κ1) is 12.8. The van der Waals surface area contributed by atoms with Crippen LogP contribution in [0.5, 0.6) is 0 Å². The first-order chi connectivity index (χ1) is 9.78. The normalized spacial score (nSPS) is 10.9. The first-order valence-corrected chi connectivity index (χ1v) is 6.69. The number of H-pyrrole nitrogens is 1. The Morgan fingerprint density at radius 1 is 1.35 bits per heavy atom. The number of halogens is 1. The third-order valence-corrected chi connectivity index (χ3v) is 3.24. The summed E-state index contributed by atoms with van der Waals surface area (Å²) in [7, 11) is 0. The zero-order valence-corrected chi connectivity index (χ0v) is 11.6. The van der Waals surface area contributed by atoms with E-state index in [1.807, 2.05) is 6.07 Å². The van der Waals surface area contributed by atoms with Gasteiger partial charge in [-0.2, -0.15) is 15.1 Å². The fraction of sp³-hybridized carbons (Fsp3) is 0.231. The molecular formula is C13H13ClN6. The van der Waals surface area contributed by atoms with Gasteiger partial charge >= 0.3 is 0 Å². The Labute approximate surface area is 120 Å². The van der Waals surface area contributed by atoms with Crippen molar-refractivity contribution in [2.75, 3.05) is 5.32 Å². The molecule has 20 heavy (non-hydrogen) atoms. The molecule has 6 nitrogen and oxygen atoms in total. The second-order valence-electron chi connectivity index (χ2n) is 4.29. The number of nitrogens with zero attached hydrogens (tertiary/aromatic N) is 4. The van der Waals surface area contributed by atoms with E-state index >= 15 is 0 Å². The van der Waals surface area contributed by atoms with Gasteiger partial charge in [0.15, 0.2) is 5.65 Å². The van der Waals surface area contributed by atoms with Gasteiger partial charge in [0.2, 0.25) is 5.28 Å². The number of rotatable bonds is 4. The smallest absolute Gasteiger partial charge is 0.226 e. The molecule has 2 N–H and O–H groups in total. The van der Waals surface area contributed by atoms with Crippen LogP contribution in [0.4, 0.5) is 5.82 Å². The van der Waals surface area contributed by atoms with Crippen molar-refractivity contribution >= 4 is 28.5 Å².